The second-order valence-corrected chi connectivity index (χ2v) is 5.16. The molecule has 2 aliphatic rings. The molecule has 1 amide bonds. The predicted molar refractivity (Wildman–Crippen MR) is 63.1 cm³/mol. The standard InChI is InChI=1S/C13H20N2O2/c1-15(11-4-2-3-5-11)12(16)13(10-14)6-8-17-9-7-13/h11H,2-9H2,1H3. The summed E-state index contributed by atoms with van der Waals surface area (Å²) in [5.41, 5.74) is -0.824. The van der Waals surface area contributed by atoms with E-state index in [-0.39, 0.29) is 5.91 Å². The van der Waals surface area contributed by atoms with Crippen LogP contribution in [0.15, 0.2) is 0 Å². The average Bonchev–Trinajstić information content (AvgIpc) is 2.91. The summed E-state index contributed by atoms with van der Waals surface area (Å²) in [6.45, 7) is 1.05. The summed E-state index contributed by atoms with van der Waals surface area (Å²) in [4.78, 5) is 14.3. The minimum Gasteiger partial charge on any atom is -0.381 e. The van der Waals surface area contributed by atoms with Gasteiger partial charge in [-0.25, -0.2) is 0 Å². The van der Waals surface area contributed by atoms with Crippen LogP contribution in [0.3, 0.4) is 0 Å². The van der Waals surface area contributed by atoms with Gasteiger partial charge in [0.15, 0.2) is 0 Å². The van der Waals surface area contributed by atoms with Crippen molar-refractivity contribution in [3.8, 4) is 6.07 Å². The highest BCUT2D eigenvalue weighted by molar-refractivity contribution is 5.85. The molecule has 1 aliphatic carbocycles. The van der Waals surface area contributed by atoms with Crippen LogP contribution in [0.25, 0.3) is 0 Å². The minimum absolute atomic E-state index is 0.00944. The fourth-order valence-corrected chi connectivity index (χ4v) is 2.89. The van der Waals surface area contributed by atoms with Crippen molar-refractivity contribution in [3.63, 3.8) is 0 Å². The van der Waals surface area contributed by atoms with E-state index in [4.69, 9.17) is 4.74 Å². The van der Waals surface area contributed by atoms with Gasteiger partial charge in [-0.15, -0.1) is 0 Å². The average molecular weight is 236 g/mol. The zero-order valence-electron chi connectivity index (χ0n) is 10.4. The lowest BCUT2D eigenvalue weighted by atomic mass is 9.80. The van der Waals surface area contributed by atoms with Crippen molar-refractivity contribution >= 4 is 5.91 Å². The fraction of sp³-hybridized carbons (Fsp3) is 0.846. The third kappa shape index (κ3) is 2.30. The molecule has 0 aromatic rings. The smallest absolute Gasteiger partial charge is 0.243 e. The lowest BCUT2D eigenvalue weighted by molar-refractivity contribution is -0.144. The number of carbonyl (C=O) groups excluding carboxylic acids is 1. The van der Waals surface area contributed by atoms with Crippen LogP contribution in [0.5, 0.6) is 0 Å². The van der Waals surface area contributed by atoms with Crippen molar-refractivity contribution in [2.24, 2.45) is 5.41 Å². The second kappa shape index (κ2) is 5.05. The molecule has 0 radical (unpaired) electrons. The van der Waals surface area contributed by atoms with Gasteiger partial charge in [0.05, 0.1) is 6.07 Å². The molecule has 17 heavy (non-hydrogen) atoms. The van der Waals surface area contributed by atoms with Crippen LogP contribution >= 0.6 is 0 Å². The summed E-state index contributed by atoms with van der Waals surface area (Å²) in [7, 11) is 1.85. The molecule has 0 N–H and O–H groups in total. The molecule has 0 aromatic carbocycles. The van der Waals surface area contributed by atoms with Gasteiger partial charge in [0.25, 0.3) is 0 Å². The molecule has 4 heteroatoms. The molecule has 0 atom stereocenters. The van der Waals surface area contributed by atoms with E-state index < -0.39 is 5.41 Å². The first-order valence-electron chi connectivity index (χ1n) is 6.46. The maximum absolute atomic E-state index is 12.5. The molecule has 0 spiro atoms. The maximum atomic E-state index is 12.5. The Labute approximate surface area is 103 Å². The van der Waals surface area contributed by atoms with Crippen molar-refractivity contribution in [2.45, 2.75) is 44.6 Å². The largest absolute Gasteiger partial charge is 0.381 e. The molecule has 1 heterocycles. The number of ether oxygens (including phenoxy) is 1. The molecule has 94 valence electrons. The van der Waals surface area contributed by atoms with Crippen molar-refractivity contribution in [1.29, 1.82) is 5.26 Å². The van der Waals surface area contributed by atoms with E-state index in [0.29, 0.717) is 32.1 Å². The molecule has 4 nitrogen and oxygen atoms in total. The van der Waals surface area contributed by atoms with E-state index in [9.17, 15) is 10.1 Å². The number of hydrogen-bond donors (Lipinski definition) is 0. The molecule has 2 rings (SSSR count). The first-order valence-corrected chi connectivity index (χ1v) is 6.46. The van der Waals surface area contributed by atoms with Crippen molar-refractivity contribution in [2.75, 3.05) is 20.3 Å². The first-order chi connectivity index (χ1) is 8.19. The molecule has 0 unspecified atom stereocenters. The summed E-state index contributed by atoms with van der Waals surface area (Å²) >= 11 is 0. The summed E-state index contributed by atoms with van der Waals surface area (Å²) in [5.74, 6) is 0.00944. The van der Waals surface area contributed by atoms with Gasteiger partial charge >= 0.3 is 0 Å². The summed E-state index contributed by atoms with van der Waals surface area (Å²) in [5, 5.41) is 9.35. The lowest BCUT2D eigenvalue weighted by Crippen LogP contribution is -2.47. The number of hydrogen-bond acceptors (Lipinski definition) is 3. The fourth-order valence-electron chi connectivity index (χ4n) is 2.89. The summed E-state index contributed by atoms with van der Waals surface area (Å²) in [6.07, 6.45) is 5.65. The zero-order chi connectivity index (χ0) is 12.3. The number of amides is 1. The Morgan fingerprint density at radius 2 is 1.94 bits per heavy atom. The monoisotopic (exact) mass is 236 g/mol. The number of nitrogens with zero attached hydrogens (tertiary/aromatic N) is 2. The molecule has 0 bridgehead atoms. The van der Waals surface area contributed by atoms with E-state index in [1.165, 1.54) is 12.8 Å². The highest BCUT2D eigenvalue weighted by Crippen LogP contribution is 2.34. The molecule has 2 fully saturated rings. The first kappa shape index (κ1) is 12.4. The summed E-state index contributed by atoms with van der Waals surface area (Å²) in [6, 6.07) is 2.59. The van der Waals surface area contributed by atoms with Crippen LogP contribution < -0.4 is 0 Å². The number of rotatable bonds is 2. The Morgan fingerprint density at radius 1 is 1.35 bits per heavy atom. The Hall–Kier alpha value is -1.08. The lowest BCUT2D eigenvalue weighted by Gasteiger charge is -2.35. The minimum atomic E-state index is -0.824. The Kier molecular flexibility index (Phi) is 3.68. The van der Waals surface area contributed by atoms with E-state index in [2.05, 4.69) is 6.07 Å². The SMILES string of the molecule is CN(C(=O)C1(C#N)CCOCC1)C1CCCC1. The van der Waals surface area contributed by atoms with E-state index >= 15 is 0 Å². The van der Waals surface area contributed by atoms with Gasteiger partial charge in [-0.2, -0.15) is 5.26 Å². The van der Waals surface area contributed by atoms with E-state index in [1.807, 2.05) is 11.9 Å². The quantitative estimate of drug-likeness (QED) is 0.733. The summed E-state index contributed by atoms with van der Waals surface area (Å²) < 4.78 is 5.26. The van der Waals surface area contributed by atoms with Crippen LogP contribution in [0.1, 0.15) is 38.5 Å². The van der Waals surface area contributed by atoms with Crippen LogP contribution in [-0.2, 0) is 9.53 Å². The number of nitriles is 1. The Bertz CT molecular complexity index is 323. The van der Waals surface area contributed by atoms with Gasteiger partial charge in [0.1, 0.15) is 5.41 Å². The van der Waals surface area contributed by atoms with E-state index in [0.717, 1.165) is 12.8 Å². The van der Waals surface area contributed by atoms with Crippen molar-refractivity contribution in [3.05, 3.63) is 0 Å². The third-order valence-electron chi connectivity index (χ3n) is 4.16. The van der Waals surface area contributed by atoms with Gasteiger partial charge < -0.3 is 9.64 Å². The number of carbonyl (C=O) groups is 1. The highest BCUT2D eigenvalue weighted by Gasteiger charge is 2.43. The maximum Gasteiger partial charge on any atom is 0.243 e. The van der Waals surface area contributed by atoms with Gasteiger partial charge in [0, 0.05) is 26.3 Å². The molecule has 1 aliphatic heterocycles. The second-order valence-electron chi connectivity index (χ2n) is 5.16. The van der Waals surface area contributed by atoms with Gasteiger partial charge in [-0.3, -0.25) is 4.79 Å². The molecular formula is C13H20N2O2. The van der Waals surface area contributed by atoms with Crippen molar-refractivity contribution in [1.82, 2.24) is 4.90 Å². The van der Waals surface area contributed by atoms with Gasteiger partial charge in [-0.1, -0.05) is 12.8 Å². The molecule has 0 aromatic heterocycles. The predicted octanol–water partition coefficient (Wildman–Crippen LogP) is 1.71. The molecule has 1 saturated carbocycles. The van der Waals surface area contributed by atoms with Gasteiger partial charge in [-0.05, 0) is 25.7 Å². The highest BCUT2D eigenvalue weighted by atomic mass is 16.5. The van der Waals surface area contributed by atoms with Crippen LogP contribution in [0, 0.1) is 16.7 Å². The van der Waals surface area contributed by atoms with E-state index in [1.54, 1.807) is 0 Å². The van der Waals surface area contributed by atoms with Crippen molar-refractivity contribution < 1.29 is 9.53 Å². The van der Waals surface area contributed by atoms with Crippen LogP contribution in [0.4, 0.5) is 0 Å². The molecular weight excluding hydrogens is 216 g/mol. The zero-order valence-corrected chi connectivity index (χ0v) is 10.4. The van der Waals surface area contributed by atoms with Gasteiger partial charge in [0.2, 0.25) is 5.91 Å². The topological polar surface area (TPSA) is 53.3 Å². The third-order valence-corrected chi connectivity index (χ3v) is 4.16. The Morgan fingerprint density at radius 3 is 2.47 bits per heavy atom. The van der Waals surface area contributed by atoms with Crippen LogP contribution in [0.2, 0.25) is 0 Å². The molecule has 1 saturated heterocycles. The Balaban J connectivity index is 2.08. The van der Waals surface area contributed by atoms with Crippen LogP contribution in [-0.4, -0.2) is 37.1 Å². The normalized spacial score (nSPS) is 24.2.